The van der Waals surface area contributed by atoms with Gasteiger partial charge in [0.2, 0.25) is 0 Å². The van der Waals surface area contributed by atoms with E-state index in [0.717, 1.165) is 32.4 Å². The van der Waals surface area contributed by atoms with Gasteiger partial charge in [-0.3, -0.25) is 9.69 Å². The zero-order valence-corrected chi connectivity index (χ0v) is 13.8. The predicted molar refractivity (Wildman–Crippen MR) is 82.5 cm³/mol. The molecule has 1 aliphatic carbocycles. The molecule has 0 bridgehead atoms. The lowest BCUT2D eigenvalue weighted by Gasteiger charge is -2.49. The smallest absolute Gasteiger partial charge is 0.323 e. The van der Waals surface area contributed by atoms with Crippen molar-refractivity contribution in [2.45, 2.75) is 76.7 Å². The van der Waals surface area contributed by atoms with Gasteiger partial charge in [-0.15, -0.1) is 0 Å². The first-order chi connectivity index (χ1) is 9.78. The number of carbonyl (C=O) groups is 1. The molecule has 0 amide bonds. The Morgan fingerprint density at radius 1 is 1.48 bits per heavy atom. The second kappa shape index (κ2) is 6.23. The molecule has 3 unspecified atom stereocenters. The number of morpholine rings is 1. The van der Waals surface area contributed by atoms with E-state index in [1.807, 2.05) is 6.92 Å². The molecule has 2 rings (SSSR count). The zero-order valence-electron chi connectivity index (χ0n) is 13.8. The number of ether oxygens (including phenoxy) is 1. The van der Waals surface area contributed by atoms with Crippen molar-refractivity contribution in [3.8, 4) is 0 Å². The molecule has 2 fully saturated rings. The Labute approximate surface area is 128 Å². The van der Waals surface area contributed by atoms with Gasteiger partial charge >= 0.3 is 5.97 Å². The number of hydrogen-bond acceptors (Lipinski definition) is 4. The van der Waals surface area contributed by atoms with Crippen molar-refractivity contribution in [1.29, 1.82) is 0 Å². The summed E-state index contributed by atoms with van der Waals surface area (Å²) in [6, 6.07) is 0.333. The van der Waals surface area contributed by atoms with E-state index in [-0.39, 0.29) is 11.7 Å². The molecule has 21 heavy (non-hydrogen) atoms. The maximum Gasteiger partial charge on any atom is 0.323 e. The van der Waals surface area contributed by atoms with Gasteiger partial charge in [-0.05, 0) is 53.0 Å². The van der Waals surface area contributed by atoms with E-state index < -0.39 is 11.5 Å². The van der Waals surface area contributed by atoms with Gasteiger partial charge in [-0.2, -0.15) is 0 Å². The molecule has 2 aliphatic rings. The molecule has 122 valence electrons. The number of carboxylic acids is 1. The average molecular weight is 298 g/mol. The molecule has 5 heteroatoms. The summed E-state index contributed by atoms with van der Waals surface area (Å²) in [5.74, 6) is -0.699. The highest BCUT2D eigenvalue weighted by Gasteiger charge is 2.45. The van der Waals surface area contributed by atoms with Crippen LogP contribution >= 0.6 is 0 Å². The highest BCUT2D eigenvalue weighted by atomic mass is 16.5. The molecule has 1 saturated heterocycles. The third-order valence-corrected chi connectivity index (χ3v) is 4.76. The summed E-state index contributed by atoms with van der Waals surface area (Å²) >= 11 is 0. The number of hydrogen-bond donors (Lipinski definition) is 2. The molecular formula is C16H30N2O3. The third-order valence-electron chi connectivity index (χ3n) is 4.76. The SMILES string of the molecule is CCNC1(C(=O)O)CCCC(N2CC(C)OC(C)(C)C2)C1. The fraction of sp³-hybridized carbons (Fsp3) is 0.938. The number of aliphatic carboxylic acids is 1. The summed E-state index contributed by atoms with van der Waals surface area (Å²) in [7, 11) is 0. The highest BCUT2D eigenvalue weighted by Crippen LogP contribution is 2.34. The lowest BCUT2D eigenvalue weighted by atomic mass is 9.77. The van der Waals surface area contributed by atoms with Crippen molar-refractivity contribution in [2.24, 2.45) is 0 Å². The monoisotopic (exact) mass is 298 g/mol. The molecule has 1 heterocycles. The minimum absolute atomic E-state index is 0.154. The Morgan fingerprint density at radius 2 is 2.19 bits per heavy atom. The number of likely N-dealkylation sites (N-methyl/N-ethyl adjacent to an activating group) is 1. The highest BCUT2D eigenvalue weighted by molar-refractivity contribution is 5.79. The summed E-state index contributed by atoms with van der Waals surface area (Å²) in [6.45, 7) is 10.8. The van der Waals surface area contributed by atoms with Gasteiger partial charge in [0, 0.05) is 19.1 Å². The normalized spacial score (nSPS) is 37.3. The Hall–Kier alpha value is -0.650. The maximum absolute atomic E-state index is 11.8. The summed E-state index contributed by atoms with van der Waals surface area (Å²) in [6.07, 6.45) is 3.68. The number of carboxylic acid groups (broad SMARTS) is 1. The van der Waals surface area contributed by atoms with Crippen molar-refractivity contribution in [3.63, 3.8) is 0 Å². The summed E-state index contributed by atoms with van der Waals surface area (Å²) in [5, 5.41) is 12.9. The van der Waals surface area contributed by atoms with Gasteiger partial charge in [0.25, 0.3) is 0 Å². The molecule has 0 aromatic rings. The van der Waals surface area contributed by atoms with Gasteiger partial charge in [0.15, 0.2) is 0 Å². The van der Waals surface area contributed by atoms with Crippen LogP contribution in [0.5, 0.6) is 0 Å². The second-order valence-electron chi connectivity index (χ2n) is 7.29. The van der Waals surface area contributed by atoms with Crippen molar-refractivity contribution < 1.29 is 14.6 Å². The number of nitrogens with one attached hydrogen (secondary N) is 1. The molecule has 2 N–H and O–H groups in total. The van der Waals surface area contributed by atoms with E-state index in [1.54, 1.807) is 0 Å². The Kier molecular flexibility index (Phi) is 4.96. The van der Waals surface area contributed by atoms with Crippen LogP contribution < -0.4 is 5.32 Å². The molecular weight excluding hydrogens is 268 g/mol. The standard InChI is InChI=1S/C16H30N2O3/c1-5-17-16(14(19)20)8-6-7-13(9-16)18-10-12(2)21-15(3,4)11-18/h12-13,17H,5-11H2,1-4H3,(H,19,20). The zero-order chi connectivity index (χ0) is 15.7. The van der Waals surface area contributed by atoms with Crippen LogP contribution in [0.3, 0.4) is 0 Å². The second-order valence-corrected chi connectivity index (χ2v) is 7.29. The quantitative estimate of drug-likeness (QED) is 0.829. The first-order valence-corrected chi connectivity index (χ1v) is 8.18. The first-order valence-electron chi connectivity index (χ1n) is 8.18. The summed E-state index contributed by atoms with van der Waals surface area (Å²) in [4.78, 5) is 14.2. The number of rotatable bonds is 4. The molecule has 5 nitrogen and oxygen atoms in total. The van der Waals surface area contributed by atoms with Crippen molar-refractivity contribution in [2.75, 3.05) is 19.6 Å². The van der Waals surface area contributed by atoms with Crippen LogP contribution in [0.2, 0.25) is 0 Å². The van der Waals surface area contributed by atoms with Crippen LogP contribution in [0.1, 0.15) is 53.4 Å². The lowest BCUT2D eigenvalue weighted by Crippen LogP contribution is -2.61. The fourth-order valence-corrected chi connectivity index (χ4v) is 4.11. The van der Waals surface area contributed by atoms with Gasteiger partial charge < -0.3 is 15.2 Å². The lowest BCUT2D eigenvalue weighted by molar-refractivity contribution is -0.154. The van der Waals surface area contributed by atoms with Gasteiger partial charge in [-0.1, -0.05) is 6.92 Å². The van der Waals surface area contributed by atoms with E-state index in [2.05, 4.69) is 31.0 Å². The fourth-order valence-electron chi connectivity index (χ4n) is 4.11. The average Bonchev–Trinajstić information content (AvgIpc) is 2.37. The van der Waals surface area contributed by atoms with Crippen LogP contribution in [0.4, 0.5) is 0 Å². The van der Waals surface area contributed by atoms with Crippen molar-refractivity contribution in [3.05, 3.63) is 0 Å². The van der Waals surface area contributed by atoms with Crippen molar-refractivity contribution >= 4 is 5.97 Å². The van der Waals surface area contributed by atoms with Gasteiger partial charge in [-0.25, -0.2) is 0 Å². The predicted octanol–water partition coefficient (Wildman–Crippen LogP) is 1.86. The Balaban J connectivity index is 2.11. The van der Waals surface area contributed by atoms with Crippen LogP contribution in [-0.4, -0.2) is 58.9 Å². The molecule has 0 aromatic heterocycles. The Bertz CT molecular complexity index is 382. The van der Waals surface area contributed by atoms with Crippen molar-refractivity contribution in [1.82, 2.24) is 10.2 Å². The Morgan fingerprint density at radius 3 is 2.76 bits per heavy atom. The molecule has 0 aromatic carbocycles. The van der Waals surface area contributed by atoms with E-state index >= 15 is 0 Å². The van der Waals surface area contributed by atoms with Gasteiger partial charge in [0.1, 0.15) is 5.54 Å². The van der Waals surface area contributed by atoms with E-state index in [0.29, 0.717) is 19.0 Å². The molecule has 0 spiro atoms. The minimum atomic E-state index is -0.747. The van der Waals surface area contributed by atoms with E-state index in [4.69, 9.17) is 4.74 Å². The largest absolute Gasteiger partial charge is 0.480 e. The summed E-state index contributed by atoms with van der Waals surface area (Å²) in [5.41, 5.74) is -0.900. The maximum atomic E-state index is 11.8. The molecule has 1 saturated carbocycles. The number of nitrogens with zero attached hydrogens (tertiary/aromatic N) is 1. The molecule has 0 radical (unpaired) electrons. The molecule has 1 aliphatic heterocycles. The third kappa shape index (κ3) is 3.76. The van der Waals surface area contributed by atoms with Crippen LogP contribution in [-0.2, 0) is 9.53 Å². The van der Waals surface area contributed by atoms with E-state index in [1.165, 1.54) is 0 Å². The summed E-state index contributed by atoms with van der Waals surface area (Å²) < 4.78 is 5.97. The molecule has 3 atom stereocenters. The first kappa shape index (κ1) is 16.7. The minimum Gasteiger partial charge on any atom is -0.480 e. The van der Waals surface area contributed by atoms with Crippen LogP contribution in [0.25, 0.3) is 0 Å². The van der Waals surface area contributed by atoms with Crippen LogP contribution in [0.15, 0.2) is 0 Å². The van der Waals surface area contributed by atoms with E-state index in [9.17, 15) is 9.90 Å². The topological polar surface area (TPSA) is 61.8 Å². The van der Waals surface area contributed by atoms with Crippen LogP contribution in [0, 0.1) is 0 Å². The van der Waals surface area contributed by atoms with Gasteiger partial charge in [0.05, 0.1) is 11.7 Å².